The molecule has 1 aromatic rings. The van der Waals surface area contributed by atoms with E-state index in [2.05, 4.69) is 47.0 Å². The number of carbonyl (C=O) groups is 7. The number of benzene rings is 1. The number of aliphatic imine (C=N–C) groups is 2. The number of nitrogens with zero attached hydrogens (tertiary/aromatic N) is 3. The summed E-state index contributed by atoms with van der Waals surface area (Å²) in [6, 6.07) is 2.59. The van der Waals surface area contributed by atoms with Crippen molar-refractivity contribution in [2.24, 2.45) is 44.0 Å². The molecule has 1 heterocycles. The summed E-state index contributed by atoms with van der Waals surface area (Å²) < 4.78 is 0. The molecule has 0 spiro atoms. The topological polar surface area (TPSA) is 353 Å². The van der Waals surface area contributed by atoms with Crippen LogP contribution in [-0.2, 0) is 40.0 Å². The number of carbonyl (C=O) groups excluding carboxylic acids is 6. The van der Waals surface area contributed by atoms with Gasteiger partial charge in [-0.2, -0.15) is 5.10 Å². The Labute approximate surface area is 343 Å². The summed E-state index contributed by atoms with van der Waals surface area (Å²) in [5.41, 5.74) is 18.3. The van der Waals surface area contributed by atoms with Crippen molar-refractivity contribution in [1.29, 1.82) is 0 Å². The second-order valence-electron chi connectivity index (χ2n) is 14.4. The Morgan fingerprint density at radius 2 is 1.46 bits per heavy atom. The van der Waals surface area contributed by atoms with Gasteiger partial charge in [0, 0.05) is 32.3 Å². The van der Waals surface area contributed by atoms with Crippen LogP contribution in [0.25, 0.3) is 0 Å². The Morgan fingerprint density at radius 1 is 0.831 bits per heavy atom. The number of carboxylic acids is 1. The first kappa shape index (κ1) is 49.0. The lowest BCUT2D eigenvalue weighted by Crippen LogP contribution is -2.58. The summed E-state index contributed by atoms with van der Waals surface area (Å²) in [6.45, 7) is 4.17. The van der Waals surface area contributed by atoms with Gasteiger partial charge in [0.25, 0.3) is 0 Å². The number of aliphatic carboxylic acids is 1. The van der Waals surface area contributed by atoms with Crippen molar-refractivity contribution in [1.82, 2.24) is 31.9 Å². The van der Waals surface area contributed by atoms with E-state index in [9.17, 15) is 38.7 Å². The van der Waals surface area contributed by atoms with Crippen LogP contribution in [0.3, 0.4) is 0 Å². The molecular formula is C38H61N13O8. The van der Waals surface area contributed by atoms with Crippen molar-refractivity contribution in [3.63, 3.8) is 0 Å². The molecule has 1 saturated heterocycles. The van der Waals surface area contributed by atoms with Gasteiger partial charge in [0.1, 0.15) is 24.2 Å². The molecule has 1 fully saturated rings. The van der Waals surface area contributed by atoms with E-state index in [-0.39, 0.29) is 56.6 Å². The van der Waals surface area contributed by atoms with Crippen LogP contribution in [-0.4, -0.2) is 121 Å². The normalized spacial score (nSPS) is 20.3. The van der Waals surface area contributed by atoms with Gasteiger partial charge in [0.05, 0.1) is 24.7 Å². The number of hydrogen-bond acceptors (Lipinski definition) is 12. The highest BCUT2D eigenvalue weighted by Crippen LogP contribution is 2.10. The van der Waals surface area contributed by atoms with Crippen LogP contribution < -0.4 is 54.9 Å². The quantitative estimate of drug-likeness (QED) is 0.0204. The molecule has 326 valence electrons. The molecule has 6 amide bonds. The number of guanidine groups is 1. The zero-order valence-corrected chi connectivity index (χ0v) is 33.8. The van der Waals surface area contributed by atoms with Crippen LogP contribution in [0.4, 0.5) is 0 Å². The third kappa shape index (κ3) is 19.7. The highest BCUT2D eigenvalue weighted by atomic mass is 16.4. The maximum absolute atomic E-state index is 13.9. The minimum atomic E-state index is -1.60. The highest BCUT2D eigenvalue weighted by Gasteiger charge is 2.33. The monoisotopic (exact) mass is 827 g/mol. The molecule has 59 heavy (non-hydrogen) atoms. The number of unbranched alkanes of at least 4 members (excludes halogenated alkanes) is 2. The second kappa shape index (κ2) is 26.7. The molecule has 0 aliphatic carbocycles. The van der Waals surface area contributed by atoms with Gasteiger partial charge in [-0.15, -0.1) is 0 Å². The van der Waals surface area contributed by atoms with Crippen molar-refractivity contribution in [3.05, 3.63) is 35.9 Å². The summed E-state index contributed by atoms with van der Waals surface area (Å²) in [5.74, 6) is -0.479. The summed E-state index contributed by atoms with van der Waals surface area (Å²) in [7, 11) is 0. The summed E-state index contributed by atoms with van der Waals surface area (Å²) in [6.07, 6.45) is 3.68. The smallest absolute Gasteiger partial charge is 0.305 e. The van der Waals surface area contributed by atoms with E-state index in [1.807, 2.05) is 13.8 Å². The van der Waals surface area contributed by atoms with E-state index in [0.717, 1.165) is 6.42 Å². The molecule has 1 aliphatic rings. The molecule has 21 heteroatoms. The van der Waals surface area contributed by atoms with Crippen LogP contribution in [0.15, 0.2) is 45.4 Å². The van der Waals surface area contributed by atoms with Crippen molar-refractivity contribution in [3.8, 4) is 0 Å². The van der Waals surface area contributed by atoms with Crippen LogP contribution >= 0.6 is 0 Å². The first-order valence-electron chi connectivity index (χ1n) is 19.7. The summed E-state index contributed by atoms with van der Waals surface area (Å²) >= 11 is 0. The number of rotatable bonds is 21. The molecule has 15 N–H and O–H groups in total. The predicted molar refractivity (Wildman–Crippen MR) is 222 cm³/mol. The van der Waals surface area contributed by atoms with Crippen LogP contribution in [0.2, 0.25) is 0 Å². The predicted octanol–water partition coefficient (Wildman–Crippen LogP) is -2.35. The fraction of sp³-hybridized carbons (Fsp3) is 0.579. The Balaban J connectivity index is 2.21. The van der Waals surface area contributed by atoms with Gasteiger partial charge in [-0.05, 0) is 62.8 Å². The Kier molecular flexibility index (Phi) is 22.2. The largest absolute Gasteiger partial charge is 0.481 e. The van der Waals surface area contributed by atoms with E-state index in [1.54, 1.807) is 36.5 Å². The third-order valence-electron chi connectivity index (χ3n) is 9.15. The van der Waals surface area contributed by atoms with Gasteiger partial charge in [-0.3, -0.25) is 43.5 Å². The Hall–Kier alpha value is -6.12. The lowest BCUT2D eigenvalue weighted by Gasteiger charge is -2.26. The number of carboxylic acid groups (broad SMARTS) is 1. The van der Waals surface area contributed by atoms with Gasteiger partial charge in [-0.25, -0.2) is 0 Å². The molecule has 0 unspecified atom stereocenters. The first-order valence-corrected chi connectivity index (χ1v) is 19.7. The lowest BCUT2D eigenvalue weighted by molar-refractivity contribution is -0.141. The average Bonchev–Trinajstić information content (AvgIpc) is 3.18. The SMILES string of the molecule is CC(C)/C(C=NCCCC[C@H](N)C(=O)NCCCC[C@@H]1NC(=O)[C@@H](Cc2ccccc2)NC(=O)[C@H](CC(=O)O)NC(=O)CNC(=O)[C@H](CCCN=C(N)N)NC1=O)=N/N. The van der Waals surface area contributed by atoms with Gasteiger partial charge < -0.3 is 60.1 Å². The van der Waals surface area contributed by atoms with Gasteiger partial charge in [0.2, 0.25) is 35.4 Å². The van der Waals surface area contributed by atoms with Crippen molar-refractivity contribution >= 4 is 59.3 Å². The summed E-state index contributed by atoms with van der Waals surface area (Å²) in [5, 5.41) is 28.6. The van der Waals surface area contributed by atoms with E-state index >= 15 is 0 Å². The zero-order chi connectivity index (χ0) is 43.7. The molecule has 21 nitrogen and oxygen atoms in total. The lowest BCUT2D eigenvalue weighted by atomic mass is 10.0. The fourth-order valence-corrected chi connectivity index (χ4v) is 5.84. The maximum Gasteiger partial charge on any atom is 0.305 e. The minimum absolute atomic E-state index is 0.0383. The second-order valence-corrected chi connectivity index (χ2v) is 14.4. The van der Waals surface area contributed by atoms with Gasteiger partial charge in [0.15, 0.2) is 5.96 Å². The number of hydrogen-bond donors (Lipinski definition) is 11. The Bertz CT molecular complexity index is 1650. The molecular weight excluding hydrogens is 767 g/mol. The van der Waals surface area contributed by atoms with Crippen molar-refractivity contribution < 1.29 is 38.7 Å². The molecule has 1 aromatic carbocycles. The van der Waals surface area contributed by atoms with Crippen LogP contribution in [0.5, 0.6) is 0 Å². The fourth-order valence-electron chi connectivity index (χ4n) is 5.84. The molecule has 1 aliphatic heterocycles. The summed E-state index contributed by atoms with van der Waals surface area (Å²) in [4.78, 5) is 99.9. The standard InChI is InChI=1S/C38H61N13O8/c1-23(2)30(51-42)21-43-16-8-6-13-25(39)33(55)44-17-9-7-14-27-35(57)48-26(15-10-18-45-38(40)41)34(56)46-22-31(52)47-29(20-32(53)54)37(59)50-28(36(58)49-27)19-24-11-4-3-5-12-24/h3-5,11-12,21,23,25-29H,6-10,13-20,22,39,42H2,1-2H3,(H,44,55)(H,46,56)(H,47,52)(H,48,57)(H,49,58)(H,50,59)(H,53,54)(H4,40,41,45)/b43-21?,51-30+/t25-,26-,27-,28+,29-/m0/s1. The number of hydrazone groups is 1. The number of amides is 6. The molecule has 0 bridgehead atoms. The zero-order valence-electron chi connectivity index (χ0n) is 33.8. The Morgan fingerprint density at radius 3 is 2.10 bits per heavy atom. The maximum atomic E-state index is 13.9. The molecule has 0 aromatic heterocycles. The van der Waals surface area contributed by atoms with E-state index in [1.165, 1.54) is 0 Å². The molecule has 2 rings (SSSR count). The third-order valence-corrected chi connectivity index (χ3v) is 9.15. The van der Waals surface area contributed by atoms with E-state index in [0.29, 0.717) is 43.5 Å². The number of nitrogens with one attached hydrogen (secondary N) is 6. The number of nitrogens with two attached hydrogens (primary N) is 4. The van der Waals surface area contributed by atoms with Crippen molar-refractivity contribution in [2.45, 2.75) is 108 Å². The van der Waals surface area contributed by atoms with Gasteiger partial charge >= 0.3 is 5.97 Å². The molecule has 0 radical (unpaired) electrons. The minimum Gasteiger partial charge on any atom is -0.481 e. The molecule has 0 saturated carbocycles. The van der Waals surface area contributed by atoms with Crippen LogP contribution in [0.1, 0.15) is 77.2 Å². The average molecular weight is 828 g/mol. The first-order chi connectivity index (χ1) is 28.1. The molecule has 5 atom stereocenters. The van der Waals surface area contributed by atoms with Crippen LogP contribution in [0, 0.1) is 5.92 Å². The van der Waals surface area contributed by atoms with E-state index in [4.69, 9.17) is 23.0 Å². The highest BCUT2D eigenvalue weighted by molar-refractivity contribution is 6.31. The van der Waals surface area contributed by atoms with E-state index < -0.39 is 78.7 Å². The van der Waals surface area contributed by atoms with Crippen molar-refractivity contribution in [2.75, 3.05) is 26.2 Å². The van der Waals surface area contributed by atoms with Gasteiger partial charge in [-0.1, -0.05) is 44.2 Å².